The van der Waals surface area contributed by atoms with Crippen LogP contribution in [0.15, 0.2) is 76.5 Å². The molecule has 0 saturated carbocycles. The third-order valence-corrected chi connectivity index (χ3v) is 5.57. The van der Waals surface area contributed by atoms with Crippen LogP contribution in [0.4, 0.5) is 5.69 Å². The minimum atomic E-state index is -0.136. The number of furan rings is 1. The Balaban J connectivity index is 1.51. The maximum absolute atomic E-state index is 12.5. The van der Waals surface area contributed by atoms with Crippen molar-refractivity contribution >= 4 is 23.4 Å². The number of carbonyl (C=O) groups excluding carboxylic acids is 1. The van der Waals surface area contributed by atoms with Gasteiger partial charge in [-0.05, 0) is 31.2 Å². The number of aryl methyl sites for hydroxylation is 1. The number of carbonyl (C=O) groups is 1. The Morgan fingerprint density at radius 2 is 1.97 bits per heavy atom. The number of nitrogens with one attached hydrogen (secondary N) is 1. The molecule has 8 heteroatoms. The summed E-state index contributed by atoms with van der Waals surface area (Å²) in [6.07, 6.45) is 1.64. The number of hydrogen-bond acceptors (Lipinski definition) is 6. The lowest BCUT2D eigenvalue weighted by Crippen LogP contribution is -2.14. The third kappa shape index (κ3) is 5.16. The first-order valence-corrected chi connectivity index (χ1v) is 10.7. The summed E-state index contributed by atoms with van der Waals surface area (Å²) in [7, 11) is 1.59. The fourth-order valence-corrected chi connectivity index (χ4v) is 3.78. The summed E-state index contributed by atoms with van der Waals surface area (Å²) >= 11 is 1.33. The van der Waals surface area contributed by atoms with E-state index in [9.17, 15) is 4.79 Å². The van der Waals surface area contributed by atoms with E-state index in [4.69, 9.17) is 9.15 Å². The van der Waals surface area contributed by atoms with Crippen LogP contribution in [-0.4, -0.2) is 33.5 Å². The molecule has 0 aliphatic rings. The number of hydrogen-bond donors (Lipinski definition) is 1. The van der Waals surface area contributed by atoms with Crippen LogP contribution in [0.25, 0.3) is 11.4 Å². The van der Waals surface area contributed by atoms with Gasteiger partial charge in [0.05, 0.1) is 25.7 Å². The first-order chi connectivity index (χ1) is 15.1. The molecule has 1 N–H and O–H groups in total. The highest BCUT2D eigenvalue weighted by molar-refractivity contribution is 7.99. The lowest BCUT2D eigenvalue weighted by atomic mass is 10.1. The van der Waals surface area contributed by atoms with E-state index in [0.29, 0.717) is 23.1 Å². The zero-order valence-electron chi connectivity index (χ0n) is 17.2. The summed E-state index contributed by atoms with van der Waals surface area (Å²) in [6.45, 7) is 2.52. The maximum Gasteiger partial charge on any atom is 0.234 e. The zero-order chi connectivity index (χ0) is 21.6. The van der Waals surface area contributed by atoms with Gasteiger partial charge >= 0.3 is 0 Å². The topological polar surface area (TPSA) is 82.2 Å². The first-order valence-electron chi connectivity index (χ1n) is 9.71. The molecule has 7 nitrogen and oxygen atoms in total. The molecule has 0 aliphatic carbocycles. The van der Waals surface area contributed by atoms with Gasteiger partial charge in [-0.25, -0.2) is 0 Å². The number of benzene rings is 2. The molecular weight excluding hydrogens is 412 g/mol. The van der Waals surface area contributed by atoms with Crippen molar-refractivity contribution in [1.29, 1.82) is 0 Å². The van der Waals surface area contributed by atoms with Crippen molar-refractivity contribution in [2.75, 3.05) is 18.2 Å². The molecule has 1 amide bonds. The average Bonchev–Trinajstić information content (AvgIpc) is 3.43. The molecule has 0 unspecified atom stereocenters. The van der Waals surface area contributed by atoms with Crippen LogP contribution in [0.3, 0.4) is 0 Å². The molecule has 2 heterocycles. The van der Waals surface area contributed by atoms with Crippen molar-refractivity contribution < 1.29 is 13.9 Å². The van der Waals surface area contributed by atoms with Gasteiger partial charge < -0.3 is 14.5 Å². The smallest absolute Gasteiger partial charge is 0.234 e. The normalized spacial score (nSPS) is 10.8. The number of methoxy groups -OCH3 is 1. The van der Waals surface area contributed by atoms with E-state index < -0.39 is 0 Å². The van der Waals surface area contributed by atoms with E-state index in [1.54, 1.807) is 19.4 Å². The Bertz CT molecular complexity index is 1150. The number of anilines is 1. The molecule has 0 fully saturated rings. The van der Waals surface area contributed by atoms with Crippen molar-refractivity contribution in [3.05, 3.63) is 78.3 Å². The molecule has 31 heavy (non-hydrogen) atoms. The van der Waals surface area contributed by atoms with Crippen molar-refractivity contribution in [3.63, 3.8) is 0 Å². The van der Waals surface area contributed by atoms with Crippen LogP contribution in [0.5, 0.6) is 5.75 Å². The molecular formula is C23H22N4O3S. The second-order valence-electron chi connectivity index (χ2n) is 6.91. The Kier molecular flexibility index (Phi) is 6.37. The van der Waals surface area contributed by atoms with Crippen LogP contribution in [0, 0.1) is 6.92 Å². The summed E-state index contributed by atoms with van der Waals surface area (Å²) in [4.78, 5) is 12.5. The van der Waals surface area contributed by atoms with Crippen LogP contribution in [-0.2, 0) is 11.3 Å². The van der Waals surface area contributed by atoms with E-state index in [1.807, 2.05) is 66.1 Å². The van der Waals surface area contributed by atoms with E-state index in [1.165, 1.54) is 17.3 Å². The monoisotopic (exact) mass is 434 g/mol. The fourth-order valence-electron chi connectivity index (χ4n) is 3.04. The highest BCUT2D eigenvalue weighted by atomic mass is 32.2. The quantitative estimate of drug-likeness (QED) is 0.407. The second kappa shape index (κ2) is 9.53. The summed E-state index contributed by atoms with van der Waals surface area (Å²) in [5.41, 5.74) is 2.81. The number of aromatic nitrogens is 3. The summed E-state index contributed by atoms with van der Waals surface area (Å²) < 4.78 is 12.7. The minimum Gasteiger partial charge on any atom is -0.497 e. The van der Waals surface area contributed by atoms with Crippen LogP contribution < -0.4 is 10.1 Å². The van der Waals surface area contributed by atoms with E-state index >= 15 is 0 Å². The van der Waals surface area contributed by atoms with E-state index in [2.05, 4.69) is 15.5 Å². The Morgan fingerprint density at radius 1 is 1.13 bits per heavy atom. The van der Waals surface area contributed by atoms with E-state index in [-0.39, 0.29) is 11.7 Å². The molecule has 0 atom stereocenters. The van der Waals surface area contributed by atoms with Crippen molar-refractivity contribution in [3.8, 4) is 17.1 Å². The zero-order valence-corrected chi connectivity index (χ0v) is 18.1. The minimum absolute atomic E-state index is 0.136. The summed E-state index contributed by atoms with van der Waals surface area (Å²) in [5.74, 6) is 2.26. The predicted molar refractivity (Wildman–Crippen MR) is 120 cm³/mol. The number of ether oxygens (including phenoxy) is 1. The predicted octanol–water partition coefficient (Wildman–Crippen LogP) is 4.63. The Labute approximate surface area is 184 Å². The first kappa shape index (κ1) is 20.7. The molecule has 158 valence electrons. The van der Waals surface area contributed by atoms with Gasteiger partial charge in [-0.15, -0.1) is 10.2 Å². The van der Waals surface area contributed by atoms with Gasteiger partial charge in [0, 0.05) is 17.3 Å². The van der Waals surface area contributed by atoms with Crippen LogP contribution in [0.2, 0.25) is 0 Å². The molecule has 0 bridgehead atoms. The van der Waals surface area contributed by atoms with Gasteiger partial charge in [0.25, 0.3) is 0 Å². The summed E-state index contributed by atoms with van der Waals surface area (Å²) in [5, 5.41) is 12.2. The molecule has 4 aromatic rings. The fraction of sp³-hybridized carbons (Fsp3) is 0.174. The van der Waals surface area contributed by atoms with Gasteiger partial charge in [-0.3, -0.25) is 9.36 Å². The second-order valence-corrected chi connectivity index (χ2v) is 7.85. The molecule has 0 spiro atoms. The largest absolute Gasteiger partial charge is 0.497 e. The number of amides is 1. The molecule has 0 saturated heterocycles. The SMILES string of the molecule is COc1cccc(NC(=O)CSc2nnc(-c3ccc(C)cc3)n2Cc2ccco2)c1. The van der Waals surface area contributed by atoms with Crippen LogP contribution >= 0.6 is 11.8 Å². The van der Waals surface area contributed by atoms with Crippen LogP contribution in [0.1, 0.15) is 11.3 Å². The van der Waals surface area contributed by atoms with Gasteiger partial charge in [0.1, 0.15) is 11.5 Å². The lowest BCUT2D eigenvalue weighted by Gasteiger charge is -2.10. The Hall–Kier alpha value is -3.52. The highest BCUT2D eigenvalue weighted by Gasteiger charge is 2.17. The number of thioether (sulfide) groups is 1. The number of nitrogens with zero attached hydrogens (tertiary/aromatic N) is 3. The van der Waals surface area contributed by atoms with Gasteiger partial charge in [-0.2, -0.15) is 0 Å². The molecule has 0 aliphatic heterocycles. The standard InChI is InChI=1S/C23H22N4O3S/c1-16-8-10-17(11-9-16)22-25-26-23(27(22)14-20-7-4-12-30-20)31-15-21(28)24-18-5-3-6-19(13-18)29-2/h3-13H,14-15H2,1-2H3,(H,24,28). The molecule has 2 aromatic carbocycles. The van der Waals surface area contributed by atoms with Gasteiger partial charge in [0.2, 0.25) is 5.91 Å². The number of rotatable bonds is 8. The molecule has 4 rings (SSSR count). The van der Waals surface area contributed by atoms with Gasteiger partial charge in [-0.1, -0.05) is 47.7 Å². The lowest BCUT2D eigenvalue weighted by molar-refractivity contribution is -0.113. The molecule has 2 aromatic heterocycles. The van der Waals surface area contributed by atoms with Crippen molar-refractivity contribution in [1.82, 2.24) is 14.8 Å². The third-order valence-electron chi connectivity index (χ3n) is 4.61. The summed E-state index contributed by atoms with van der Waals surface area (Å²) in [6, 6.07) is 19.1. The van der Waals surface area contributed by atoms with Gasteiger partial charge in [0.15, 0.2) is 11.0 Å². The average molecular weight is 435 g/mol. The highest BCUT2D eigenvalue weighted by Crippen LogP contribution is 2.26. The van der Waals surface area contributed by atoms with Crippen molar-refractivity contribution in [2.24, 2.45) is 0 Å². The molecule has 0 radical (unpaired) electrons. The van der Waals surface area contributed by atoms with E-state index in [0.717, 1.165) is 17.1 Å². The maximum atomic E-state index is 12.5. The Morgan fingerprint density at radius 3 is 2.71 bits per heavy atom. The van der Waals surface area contributed by atoms with Crippen molar-refractivity contribution in [2.45, 2.75) is 18.6 Å².